The van der Waals surface area contributed by atoms with Crippen LogP contribution < -0.4 is 0 Å². The molecule has 6 nitrogen and oxygen atoms in total. The van der Waals surface area contributed by atoms with Crippen LogP contribution in [0, 0.1) is 6.92 Å². The Morgan fingerprint density at radius 3 is 2.69 bits per heavy atom. The molecular weight excluding hydrogens is 230 g/mol. The van der Waals surface area contributed by atoms with E-state index in [1.54, 1.807) is 14.0 Å². The van der Waals surface area contributed by atoms with Gasteiger partial charge in [-0.2, -0.15) is 0 Å². The standard InChI is InChI=1S/C9H13N3O3S/c1-6-8(16-11-10-6)9(14)12(2)5-4-7(13)15-3/h4-5H2,1-3H3. The van der Waals surface area contributed by atoms with Crippen molar-refractivity contribution in [1.82, 2.24) is 14.5 Å². The van der Waals surface area contributed by atoms with Crippen molar-refractivity contribution in [2.24, 2.45) is 0 Å². The molecule has 0 spiro atoms. The van der Waals surface area contributed by atoms with Crippen molar-refractivity contribution in [2.45, 2.75) is 13.3 Å². The molecule has 0 aliphatic heterocycles. The van der Waals surface area contributed by atoms with Crippen LogP contribution in [-0.4, -0.2) is 47.1 Å². The second kappa shape index (κ2) is 5.55. The minimum Gasteiger partial charge on any atom is -0.469 e. The van der Waals surface area contributed by atoms with Gasteiger partial charge in [0.1, 0.15) is 4.88 Å². The van der Waals surface area contributed by atoms with Crippen molar-refractivity contribution in [2.75, 3.05) is 20.7 Å². The van der Waals surface area contributed by atoms with Crippen molar-refractivity contribution >= 4 is 23.4 Å². The second-order valence-corrected chi connectivity index (χ2v) is 3.99. The monoisotopic (exact) mass is 243 g/mol. The Morgan fingerprint density at radius 1 is 1.50 bits per heavy atom. The second-order valence-electron chi connectivity index (χ2n) is 3.24. The molecule has 0 radical (unpaired) electrons. The Hall–Kier alpha value is -1.50. The summed E-state index contributed by atoms with van der Waals surface area (Å²) in [7, 11) is 2.95. The largest absolute Gasteiger partial charge is 0.469 e. The lowest BCUT2D eigenvalue weighted by Crippen LogP contribution is -2.29. The van der Waals surface area contributed by atoms with Crippen molar-refractivity contribution in [3.8, 4) is 0 Å². The molecular formula is C9H13N3O3S. The number of rotatable bonds is 4. The molecule has 1 heterocycles. The van der Waals surface area contributed by atoms with Crippen molar-refractivity contribution in [3.63, 3.8) is 0 Å². The lowest BCUT2D eigenvalue weighted by Gasteiger charge is -2.15. The van der Waals surface area contributed by atoms with Crippen LogP contribution in [0.15, 0.2) is 0 Å². The first-order chi connectivity index (χ1) is 7.56. The number of amides is 1. The summed E-state index contributed by atoms with van der Waals surface area (Å²) >= 11 is 1.06. The number of methoxy groups -OCH3 is 1. The fourth-order valence-electron chi connectivity index (χ4n) is 1.06. The summed E-state index contributed by atoms with van der Waals surface area (Å²) in [6.45, 7) is 2.05. The maximum Gasteiger partial charge on any atom is 0.307 e. The highest BCUT2D eigenvalue weighted by molar-refractivity contribution is 7.07. The predicted molar refractivity (Wildman–Crippen MR) is 58.2 cm³/mol. The zero-order valence-corrected chi connectivity index (χ0v) is 10.2. The molecule has 7 heteroatoms. The van der Waals surface area contributed by atoms with E-state index in [4.69, 9.17) is 0 Å². The number of esters is 1. The number of hydrogen-bond acceptors (Lipinski definition) is 6. The summed E-state index contributed by atoms with van der Waals surface area (Å²) in [4.78, 5) is 24.7. The van der Waals surface area contributed by atoms with Crippen LogP contribution in [0.2, 0.25) is 0 Å². The van der Waals surface area contributed by atoms with E-state index in [1.165, 1.54) is 12.0 Å². The number of ether oxygens (including phenoxy) is 1. The van der Waals surface area contributed by atoms with Crippen molar-refractivity contribution < 1.29 is 14.3 Å². The van der Waals surface area contributed by atoms with Gasteiger partial charge in [0.2, 0.25) is 0 Å². The molecule has 1 rings (SSSR count). The van der Waals surface area contributed by atoms with Gasteiger partial charge >= 0.3 is 5.97 Å². The van der Waals surface area contributed by atoms with Crippen LogP contribution in [0.25, 0.3) is 0 Å². The summed E-state index contributed by atoms with van der Waals surface area (Å²) < 4.78 is 8.18. The molecule has 1 aromatic rings. The highest BCUT2D eigenvalue weighted by Crippen LogP contribution is 2.11. The van der Waals surface area contributed by atoms with E-state index in [-0.39, 0.29) is 18.3 Å². The first-order valence-electron chi connectivity index (χ1n) is 4.67. The number of carbonyl (C=O) groups excluding carboxylic acids is 2. The third-order valence-electron chi connectivity index (χ3n) is 2.07. The number of nitrogens with zero attached hydrogens (tertiary/aromatic N) is 3. The number of hydrogen-bond donors (Lipinski definition) is 0. The van der Waals surface area contributed by atoms with Gasteiger partial charge in [-0.25, -0.2) is 0 Å². The van der Waals surface area contributed by atoms with Crippen LogP contribution in [0.1, 0.15) is 21.8 Å². The first-order valence-corrected chi connectivity index (χ1v) is 5.44. The maximum absolute atomic E-state index is 11.8. The van der Waals surface area contributed by atoms with Crippen LogP contribution in [0.4, 0.5) is 0 Å². The fourth-order valence-corrected chi connectivity index (χ4v) is 1.72. The van der Waals surface area contributed by atoms with Crippen LogP contribution in [0.5, 0.6) is 0 Å². The third kappa shape index (κ3) is 2.99. The number of aromatic nitrogens is 2. The molecule has 0 aromatic carbocycles. The normalized spacial score (nSPS) is 9.94. The smallest absolute Gasteiger partial charge is 0.307 e. The van der Waals surface area contributed by atoms with E-state index >= 15 is 0 Å². The number of carbonyl (C=O) groups is 2. The van der Waals surface area contributed by atoms with Gasteiger partial charge in [0, 0.05) is 13.6 Å². The quantitative estimate of drug-likeness (QED) is 0.719. The fraction of sp³-hybridized carbons (Fsp3) is 0.556. The molecule has 88 valence electrons. The minimum absolute atomic E-state index is 0.170. The molecule has 16 heavy (non-hydrogen) atoms. The van der Waals surface area contributed by atoms with Crippen LogP contribution in [-0.2, 0) is 9.53 Å². The molecule has 0 aliphatic rings. The average molecular weight is 243 g/mol. The lowest BCUT2D eigenvalue weighted by atomic mass is 10.3. The van der Waals surface area contributed by atoms with Crippen molar-refractivity contribution in [1.29, 1.82) is 0 Å². The molecule has 0 bridgehead atoms. The first kappa shape index (κ1) is 12.6. The SMILES string of the molecule is COC(=O)CCN(C)C(=O)c1snnc1C. The van der Waals surface area contributed by atoms with E-state index in [1.807, 2.05) is 0 Å². The zero-order chi connectivity index (χ0) is 12.1. The molecule has 0 N–H and O–H groups in total. The Bertz CT molecular complexity index is 391. The Balaban J connectivity index is 2.55. The van der Waals surface area contributed by atoms with Gasteiger partial charge in [-0.15, -0.1) is 5.10 Å². The van der Waals surface area contributed by atoms with Gasteiger partial charge in [0.15, 0.2) is 0 Å². The van der Waals surface area contributed by atoms with E-state index < -0.39 is 0 Å². The maximum atomic E-state index is 11.8. The van der Waals surface area contributed by atoms with Gasteiger partial charge < -0.3 is 9.64 Å². The molecule has 1 amide bonds. The Labute approximate surface area is 97.4 Å². The van der Waals surface area contributed by atoms with Gasteiger partial charge in [-0.05, 0) is 18.5 Å². The molecule has 0 saturated carbocycles. The van der Waals surface area contributed by atoms with Gasteiger partial charge in [-0.1, -0.05) is 4.49 Å². The highest BCUT2D eigenvalue weighted by Gasteiger charge is 2.18. The molecule has 0 unspecified atom stereocenters. The summed E-state index contributed by atoms with van der Waals surface area (Å²) in [5, 5.41) is 3.76. The van der Waals surface area contributed by atoms with Gasteiger partial charge in [0.05, 0.1) is 19.2 Å². The predicted octanol–water partition coefficient (Wildman–Crippen LogP) is 0.482. The van der Waals surface area contributed by atoms with Gasteiger partial charge in [0.25, 0.3) is 5.91 Å². The Kier molecular flexibility index (Phi) is 4.36. The lowest BCUT2D eigenvalue weighted by molar-refractivity contribution is -0.140. The summed E-state index contributed by atoms with van der Waals surface area (Å²) in [5.74, 6) is -0.504. The zero-order valence-electron chi connectivity index (χ0n) is 9.39. The van der Waals surface area contributed by atoms with Crippen LogP contribution >= 0.6 is 11.5 Å². The molecule has 0 aliphatic carbocycles. The summed E-state index contributed by atoms with van der Waals surface area (Å²) in [6.07, 6.45) is 0.185. The summed E-state index contributed by atoms with van der Waals surface area (Å²) in [5.41, 5.74) is 0.611. The third-order valence-corrected chi connectivity index (χ3v) is 2.89. The van der Waals surface area contributed by atoms with Crippen LogP contribution in [0.3, 0.4) is 0 Å². The molecule has 0 atom stereocenters. The minimum atomic E-state index is -0.334. The van der Waals surface area contributed by atoms with Crippen molar-refractivity contribution in [3.05, 3.63) is 10.6 Å². The average Bonchev–Trinajstić information content (AvgIpc) is 2.70. The highest BCUT2D eigenvalue weighted by atomic mass is 32.1. The molecule has 0 saturated heterocycles. The molecule has 1 aromatic heterocycles. The van der Waals surface area contributed by atoms with Gasteiger partial charge in [-0.3, -0.25) is 9.59 Å². The van der Waals surface area contributed by atoms with E-state index in [2.05, 4.69) is 14.3 Å². The summed E-state index contributed by atoms with van der Waals surface area (Å²) in [6, 6.07) is 0. The Morgan fingerprint density at radius 2 is 2.19 bits per heavy atom. The van der Waals surface area contributed by atoms with E-state index in [0.717, 1.165) is 11.5 Å². The van der Waals surface area contributed by atoms with E-state index in [9.17, 15) is 9.59 Å². The number of aryl methyl sites for hydroxylation is 1. The molecule has 0 fully saturated rings. The topological polar surface area (TPSA) is 72.4 Å². The van der Waals surface area contributed by atoms with E-state index in [0.29, 0.717) is 17.1 Å².